The molecule has 0 saturated carbocycles. The van der Waals surface area contributed by atoms with Crippen LogP contribution in [0.15, 0.2) is 24.3 Å². The number of hydrogen-bond donors (Lipinski definition) is 3. The van der Waals surface area contributed by atoms with E-state index in [2.05, 4.69) is 10.1 Å². The molecule has 0 fully saturated rings. The molecule has 1 heterocycles. The number of nitrogen functional groups attached to an aromatic ring is 1. The van der Waals surface area contributed by atoms with Crippen molar-refractivity contribution in [2.75, 3.05) is 13.7 Å². The van der Waals surface area contributed by atoms with E-state index in [0.29, 0.717) is 24.2 Å². The van der Waals surface area contributed by atoms with Gasteiger partial charge in [0.25, 0.3) is 5.91 Å². The van der Waals surface area contributed by atoms with E-state index in [9.17, 15) is 9.59 Å². The van der Waals surface area contributed by atoms with Crippen LogP contribution >= 0.6 is 0 Å². The standard InChI is InChI=1S/C19H26N4O3/c1-23-15-9-8-13(18(20)21)11-14(15)12-16(23)19(25)22-10-6-4-3-5-7-17(24)26-2/h8-9,11-12H,3-7,10H2,1-2H3,(H3,20,21)(H,22,25). The molecular formula is C19H26N4O3. The van der Waals surface area contributed by atoms with Crippen molar-refractivity contribution in [1.82, 2.24) is 9.88 Å². The summed E-state index contributed by atoms with van der Waals surface area (Å²) in [6.07, 6.45) is 4.01. The van der Waals surface area contributed by atoms with Gasteiger partial charge in [-0.15, -0.1) is 0 Å². The molecule has 0 radical (unpaired) electrons. The van der Waals surface area contributed by atoms with E-state index in [-0.39, 0.29) is 17.7 Å². The van der Waals surface area contributed by atoms with Gasteiger partial charge < -0.3 is 20.4 Å². The molecule has 0 aliphatic carbocycles. The Balaban J connectivity index is 1.85. The molecule has 0 atom stereocenters. The number of aromatic nitrogens is 1. The van der Waals surface area contributed by atoms with Crippen molar-refractivity contribution in [3.63, 3.8) is 0 Å². The number of amides is 1. The van der Waals surface area contributed by atoms with Crippen molar-refractivity contribution in [2.45, 2.75) is 32.1 Å². The van der Waals surface area contributed by atoms with Gasteiger partial charge in [0.05, 0.1) is 7.11 Å². The van der Waals surface area contributed by atoms with Crippen LogP contribution in [0.1, 0.15) is 48.2 Å². The normalized spacial score (nSPS) is 10.7. The summed E-state index contributed by atoms with van der Waals surface area (Å²) in [4.78, 5) is 23.4. The third-order valence-electron chi connectivity index (χ3n) is 4.41. The molecule has 0 aliphatic heterocycles. The van der Waals surface area contributed by atoms with Crippen molar-refractivity contribution in [1.29, 1.82) is 5.41 Å². The first kappa shape index (κ1) is 19.5. The van der Waals surface area contributed by atoms with E-state index >= 15 is 0 Å². The SMILES string of the molecule is COC(=O)CCCCCCNC(=O)c1cc2cc(C(=N)N)ccc2n1C. The molecule has 1 aromatic carbocycles. The van der Waals surface area contributed by atoms with Crippen LogP contribution in [-0.4, -0.2) is 35.9 Å². The van der Waals surface area contributed by atoms with Gasteiger partial charge in [-0.3, -0.25) is 15.0 Å². The van der Waals surface area contributed by atoms with E-state index in [1.807, 2.05) is 29.8 Å². The number of carbonyl (C=O) groups is 2. The maximum atomic E-state index is 12.4. The van der Waals surface area contributed by atoms with Gasteiger partial charge in [-0.2, -0.15) is 0 Å². The second-order valence-electron chi connectivity index (χ2n) is 6.27. The molecular weight excluding hydrogens is 332 g/mol. The van der Waals surface area contributed by atoms with Crippen molar-refractivity contribution in [3.05, 3.63) is 35.5 Å². The predicted octanol–water partition coefficient (Wildman–Crippen LogP) is 2.32. The minimum Gasteiger partial charge on any atom is -0.469 e. The molecule has 4 N–H and O–H groups in total. The number of unbranched alkanes of at least 4 members (excludes halogenated alkanes) is 3. The first-order valence-electron chi connectivity index (χ1n) is 8.73. The fourth-order valence-electron chi connectivity index (χ4n) is 2.88. The Morgan fingerprint density at radius 1 is 1.19 bits per heavy atom. The lowest BCUT2D eigenvalue weighted by Gasteiger charge is -2.07. The molecule has 2 rings (SSSR count). The van der Waals surface area contributed by atoms with Crippen LogP contribution < -0.4 is 11.1 Å². The number of benzene rings is 1. The number of nitrogens with one attached hydrogen (secondary N) is 2. The maximum absolute atomic E-state index is 12.4. The summed E-state index contributed by atoms with van der Waals surface area (Å²) in [6.45, 7) is 0.595. The number of nitrogens with two attached hydrogens (primary N) is 1. The van der Waals surface area contributed by atoms with Crippen molar-refractivity contribution < 1.29 is 14.3 Å². The summed E-state index contributed by atoms with van der Waals surface area (Å²) in [5, 5.41) is 11.3. The molecule has 0 bridgehead atoms. The molecule has 0 saturated heterocycles. The maximum Gasteiger partial charge on any atom is 0.305 e. The summed E-state index contributed by atoms with van der Waals surface area (Å²) < 4.78 is 6.44. The number of methoxy groups -OCH3 is 1. The molecule has 0 spiro atoms. The Labute approximate surface area is 153 Å². The fraction of sp³-hybridized carbons (Fsp3) is 0.421. The summed E-state index contributed by atoms with van der Waals surface area (Å²) in [6, 6.07) is 7.27. The predicted molar refractivity (Wildman–Crippen MR) is 101 cm³/mol. The Hall–Kier alpha value is -2.83. The topological polar surface area (TPSA) is 110 Å². The number of amidine groups is 1. The number of nitrogens with zero attached hydrogens (tertiary/aromatic N) is 1. The van der Waals surface area contributed by atoms with E-state index < -0.39 is 0 Å². The van der Waals surface area contributed by atoms with E-state index in [1.165, 1.54) is 7.11 Å². The number of esters is 1. The largest absolute Gasteiger partial charge is 0.469 e. The van der Waals surface area contributed by atoms with Crippen molar-refractivity contribution >= 4 is 28.6 Å². The highest BCUT2D eigenvalue weighted by Crippen LogP contribution is 2.20. The van der Waals surface area contributed by atoms with E-state index in [1.54, 1.807) is 6.07 Å². The molecule has 0 unspecified atom stereocenters. The Morgan fingerprint density at radius 3 is 2.62 bits per heavy atom. The molecule has 7 heteroatoms. The van der Waals surface area contributed by atoms with Crippen LogP contribution in [0.25, 0.3) is 10.9 Å². The average Bonchev–Trinajstić information content (AvgIpc) is 2.96. The van der Waals surface area contributed by atoms with E-state index in [4.69, 9.17) is 11.1 Å². The lowest BCUT2D eigenvalue weighted by atomic mass is 10.1. The fourth-order valence-corrected chi connectivity index (χ4v) is 2.88. The average molecular weight is 358 g/mol. The molecule has 140 valence electrons. The highest BCUT2D eigenvalue weighted by atomic mass is 16.5. The van der Waals surface area contributed by atoms with Gasteiger partial charge in [0, 0.05) is 36.5 Å². The third kappa shape index (κ3) is 4.84. The van der Waals surface area contributed by atoms with Crippen molar-refractivity contribution in [3.8, 4) is 0 Å². The van der Waals surface area contributed by atoms with Crippen LogP contribution in [0.3, 0.4) is 0 Å². The molecule has 2 aromatic rings. The number of ether oxygens (including phenoxy) is 1. The van der Waals surface area contributed by atoms with E-state index in [0.717, 1.165) is 36.6 Å². The number of carbonyl (C=O) groups excluding carboxylic acids is 2. The molecule has 26 heavy (non-hydrogen) atoms. The van der Waals surface area contributed by atoms with Crippen LogP contribution in [-0.2, 0) is 16.6 Å². The zero-order chi connectivity index (χ0) is 19.1. The van der Waals surface area contributed by atoms with Gasteiger partial charge in [0.2, 0.25) is 0 Å². The Bertz CT molecular complexity index is 810. The second-order valence-corrected chi connectivity index (χ2v) is 6.27. The zero-order valence-electron chi connectivity index (χ0n) is 15.3. The van der Waals surface area contributed by atoms with Crippen LogP contribution in [0.5, 0.6) is 0 Å². The number of hydrogen-bond acceptors (Lipinski definition) is 4. The first-order chi connectivity index (χ1) is 12.4. The van der Waals surface area contributed by atoms with Gasteiger partial charge >= 0.3 is 5.97 Å². The Morgan fingerprint density at radius 2 is 1.92 bits per heavy atom. The number of rotatable bonds is 9. The summed E-state index contributed by atoms with van der Waals surface area (Å²) in [7, 11) is 3.24. The summed E-state index contributed by atoms with van der Waals surface area (Å²) in [5.74, 6) is -0.293. The lowest BCUT2D eigenvalue weighted by Crippen LogP contribution is -2.26. The first-order valence-corrected chi connectivity index (χ1v) is 8.73. The van der Waals surface area contributed by atoms with Crippen LogP contribution in [0.2, 0.25) is 0 Å². The highest BCUT2D eigenvalue weighted by Gasteiger charge is 2.13. The molecule has 1 aromatic heterocycles. The second kappa shape index (κ2) is 9.03. The Kier molecular flexibility index (Phi) is 6.77. The smallest absolute Gasteiger partial charge is 0.305 e. The van der Waals surface area contributed by atoms with Gasteiger partial charge in [-0.1, -0.05) is 12.8 Å². The summed E-state index contributed by atoms with van der Waals surface area (Å²) >= 11 is 0. The minimum atomic E-state index is -0.179. The zero-order valence-corrected chi connectivity index (χ0v) is 15.3. The molecule has 1 amide bonds. The summed E-state index contributed by atoms with van der Waals surface area (Å²) in [5.41, 5.74) is 7.66. The van der Waals surface area contributed by atoms with Gasteiger partial charge in [0.1, 0.15) is 11.5 Å². The molecule has 7 nitrogen and oxygen atoms in total. The van der Waals surface area contributed by atoms with Crippen molar-refractivity contribution in [2.24, 2.45) is 12.8 Å². The van der Waals surface area contributed by atoms with Gasteiger partial charge in [-0.05, 0) is 37.1 Å². The number of fused-ring (bicyclic) bond motifs is 1. The van der Waals surface area contributed by atoms with Gasteiger partial charge in [-0.25, -0.2) is 0 Å². The highest BCUT2D eigenvalue weighted by molar-refractivity contribution is 6.02. The third-order valence-corrected chi connectivity index (χ3v) is 4.41. The lowest BCUT2D eigenvalue weighted by molar-refractivity contribution is -0.140. The molecule has 0 aliphatic rings. The number of aryl methyl sites for hydroxylation is 1. The van der Waals surface area contributed by atoms with Crippen LogP contribution in [0.4, 0.5) is 0 Å². The van der Waals surface area contributed by atoms with Gasteiger partial charge in [0.15, 0.2) is 0 Å². The van der Waals surface area contributed by atoms with Crippen LogP contribution in [0, 0.1) is 5.41 Å². The minimum absolute atomic E-state index is 0.00829. The monoisotopic (exact) mass is 358 g/mol. The quantitative estimate of drug-likeness (QED) is 0.276.